The first kappa shape index (κ1) is 42.4. The number of hydrogen-bond donors (Lipinski definition) is 0. The summed E-state index contributed by atoms with van der Waals surface area (Å²) < 4.78 is 0. The molecule has 1 nitrogen and oxygen atoms in total. The van der Waals surface area contributed by atoms with E-state index in [-0.39, 0.29) is 17.1 Å². The van der Waals surface area contributed by atoms with Gasteiger partial charge in [-0.05, 0) is 107 Å². The maximum Gasteiger partial charge on any atom is 2.00 e. The molecule has 0 aliphatic rings. The largest absolute Gasteiger partial charge is 2.00 e. The van der Waals surface area contributed by atoms with Crippen molar-refractivity contribution in [3.8, 4) is 0 Å². The van der Waals surface area contributed by atoms with Gasteiger partial charge < -0.3 is 5.32 Å². The van der Waals surface area contributed by atoms with Crippen molar-refractivity contribution in [1.29, 1.82) is 0 Å². The molecular formula is C39H66BFeNP3+3. The summed E-state index contributed by atoms with van der Waals surface area (Å²) in [6, 6.07) is 36.5. The molecule has 250 valence electrons. The molecular weight excluding hydrogens is 642 g/mol. The SMILES string of the molecule is CC(C)[PH+](C[B-](C[PH+](C(C)C)C(C)C)(C[PH+](C(C)C)C(C)C)c1ccccc1)C(C)C.[Fe+2].c1ccc([N-]c2ccccc2)cc1. The van der Waals surface area contributed by atoms with Gasteiger partial charge in [-0.15, -0.1) is 11.4 Å². The molecule has 0 aromatic heterocycles. The predicted molar refractivity (Wildman–Crippen MR) is 218 cm³/mol. The summed E-state index contributed by atoms with van der Waals surface area (Å²) in [7, 11) is -1.24. The molecule has 0 fully saturated rings. The zero-order valence-corrected chi connectivity index (χ0v) is 34.7. The molecule has 0 atom stereocenters. The second-order valence-corrected chi connectivity index (χ2v) is 26.5. The Morgan fingerprint density at radius 3 is 0.911 bits per heavy atom. The standard InChI is InChI=1S/C27H53BP3.C12H10N.Fe/c1-21(2)29(22(3)4)18-28(27-16-14-13-15-17-27,19-30(23(5)6)24(7)8)20-31(25(9)10)26(11)12;1-3-7-11(8-4-1)13-12-9-5-2-6-10-12;/h13-17,21-26H,18-20H2,1-12H3;1-10H;/q2*-1;+2/p+3. The van der Waals surface area contributed by atoms with E-state index >= 15 is 0 Å². The number of rotatable bonds is 15. The van der Waals surface area contributed by atoms with Crippen LogP contribution in [-0.2, 0) is 17.1 Å². The van der Waals surface area contributed by atoms with Crippen LogP contribution in [0, 0.1) is 0 Å². The fourth-order valence-corrected chi connectivity index (χ4v) is 19.3. The first-order valence-electron chi connectivity index (χ1n) is 17.4. The van der Waals surface area contributed by atoms with Crippen molar-refractivity contribution in [1.82, 2.24) is 0 Å². The van der Waals surface area contributed by atoms with Gasteiger partial charge in [0.05, 0.1) is 34.0 Å². The second-order valence-electron chi connectivity index (χ2n) is 14.9. The van der Waals surface area contributed by atoms with E-state index in [1.165, 1.54) is 18.2 Å². The van der Waals surface area contributed by atoms with Crippen molar-refractivity contribution in [2.45, 2.75) is 117 Å². The summed E-state index contributed by atoms with van der Waals surface area (Å²) in [6.45, 7) is 30.3. The van der Waals surface area contributed by atoms with E-state index in [0.717, 1.165) is 45.3 Å². The predicted octanol–water partition coefficient (Wildman–Crippen LogP) is 12.1. The van der Waals surface area contributed by atoms with Crippen molar-refractivity contribution < 1.29 is 17.1 Å². The smallest absolute Gasteiger partial charge is 0.658 e. The van der Waals surface area contributed by atoms with Crippen molar-refractivity contribution in [3.63, 3.8) is 0 Å². The summed E-state index contributed by atoms with van der Waals surface area (Å²) in [5.74, 6) is 0. The van der Waals surface area contributed by atoms with Gasteiger partial charge in [0.15, 0.2) is 0 Å². The minimum absolute atomic E-state index is 0. The Hall–Kier alpha value is -0.666. The van der Waals surface area contributed by atoms with Gasteiger partial charge in [-0.3, -0.25) is 0 Å². The molecule has 0 saturated carbocycles. The van der Waals surface area contributed by atoms with Crippen LogP contribution in [0.5, 0.6) is 0 Å². The van der Waals surface area contributed by atoms with Crippen LogP contribution in [0.3, 0.4) is 0 Å². The molecule has 6 heteroatoms. The maximum absolute atomic E-state index is 4.44. The summed E-state index contributed by atoms with van der Waals surface area (Å²) in [5.41, 5.74) is 8.88. The number of nitrogens with zero attached hydrogens (tertiary/aromatic N) is 1. The van der Waals surface area contributed by atoms with E-state index in [9.17, 15) is 0 Å². The first-order valence-corrected chi connectivity index (χ1v) is 23.0. The van der Waals surface area contributed by atoms with E-state index in [1.807, 2.05) is 60.7 Å². The Kier molecular flexibility index (Phi) is 20.1. The van der Waals surface area contributed by atoms with Gasteiger partial charge in [-0.1, -0.05) is 109 Å². The van der Waals surface area contributed by atoms with E-state index < -0.39 is 29.9 Å². The number of para-hydroxylation sites is 2. The normalized spacial score (nSPS) is 12.1. The fourth-order valence-electron chi connectivity index (χ4n) is 7.35. The molecule has 0 aliphatic carbocycles. The number of hydrogen-bond acceptors (Lipinski definition) is 0. The number of benzene rings is 3. The second kappa shape index (κ2) is 21.3. The molecule has 0 bridgehead atoms. The van der Waals surface area contributed by atoms with Crippen LogP contribution in [0.4, 0.5) is 11.4 Å². The molecule has 3 aromatic carbocycles. The van der Waals surface area contributed by atoms with E-state index in [0.29, 0.717) is 0 Å². The van der Waals surface area contributed by atoms with Gasteiger partial charge in [0.1, 0.15) is 6.15 Å². The Labute approximate surface area is 294 Å². The van der Waals surface area contributed by atoms with Gasteiger partial charge in [0.25, 0.3) is 0 Å². The minimum atomic E-state index is -0.509. The zero-order valence-electron chi connectivity index (χ0n) is 30.6. The summed E-state index contributed by atoms with van der Waals surface area (Å²) in [4.78, 5) is 0. The van der Waals surface area contributed by atoms with E-state index in [4.69, 9.17) is 0 Å². The van der Waals surface area contributed by atoms with Crippen molar-refractivity contribution in [2.24, 2.45) is 0 Å². The molecule has 45 heavy (non-hydrogen) atoms. The Morgan fingerprint density at radius 2 is 0.667 bits per heavy atom. The Balaban J connectivity index is 0.000000597. The summed E-state index contributed by atoms with van der Waals surface area (Å²) in [5, 5.41) is 4.44. The molecule has 0 N–H and O–H groups in total. The van der Waals surface area contributed by atoms with Crippen LogP contribution in [0.2, 0.25) is 0 Å². The van der Waals surface area contributed by atoms with Crippen molar-refractivity contribution >= 4 is 46.7 Å². The fraction of sp³-hybridized carbons (Fsp3) is 0.538. The van der Waals surface area contributed by atoms with Gasteiger partial charge in [-0.25, -0.2) is 0 Å². The minimum Gasteiger partial charge on any atom is -0.658 e. The first-order chi connectivity index (χ1) is 20.8. The molecule has 0 heterocycles. The molecule has 0 radical (unpaired) electrons. The van der Waals surface area contributed by atoms with E-state index in [2.05, 4.69) is 119 Å². The van der Waals surface area contributed by atoms with Gasteiger partial charge in [-0.2, -0.15) is 5.46 Å². The molecule has 0 aliphatic heterocycles. The third-order valence-corrected chi connectivity index (χ3v) is 22.3. The topological polar surface area (TPSA) is 14.1 Å². The van der Waals surface area contributed by atoms with Gasteiger partial charge >= 0.3 is 17.1 Å². The van der Waals surface area contributed by atoms with Crippen LogP contribution < -0.4 is 5.46 Å². The van der Waals surface area contributed by atoms with Crippen LogP contribution >= 0.6 is 23.8 Å². The molecule has 0 saturated heterocycles. The van der Waals surface area contributed by atoms with Gasteiger partial charge in [0.2, 0.25) is 0 Å². The van der Waals surface area contributed by atoms with Crippen LogP contribution in [0.1, 0.15) is 83.1 Å². The van der Waals surface area contributed by atoms with E-state index in [1.54, 1.807) is 5.46 Å². The van der Waals surface area contributed by atoms with Crippen LogP contribution in [-0.4, -0.2) is 58.3 Å². The monoisotopic (exact) mass is 708 g/mol. The van der Waals surface area contributed by atoms with Crippen molar-refractivity contribution in [2.75, 3.05) is 18.2 Å². The van der Waals surface area contributed by atoms with Gasteiger partial charge in [0, 0.05) is 0 Å². The average molecular weight is 709 g/mol. The maximum atomic E-state index is 4.44. The average Bonchev–Trinajstić information content (AvgIpc) is 2.97. The Morgan fingerprint density at radius 1 is 0.422 bits per heavy atom. The summed E-state index contributed by atoms with van der Waals surface area (Å²) >= 11 is 0. The molecule has 3 rings (SSSR count). The zero-order chi connectivity index (χ0) is 32.9. The van der Waals surface area contributed by atoms with Crippen LogP contribution in [0.15, 0.2) is 91.0 Å². The van der Waals surface area contributed by atoms with Crippen molar-refractivity contribution in [3.05, 3.63) is 96.3 Å². The molecule has 0 unspecified atom stereocenters. The van der Waals surface area contributed by atoms with Crippen LogP contribution in [0.25, 0.3) is 5.32 Å². The third kappa shape index (κ3) is 14.2. The Bertz CT molecular complexity index is 1040. The molecule has 0 spiro atoms. The summed E-state index contributed by atoms with van der Waals surface area (Å²) in [6.07, 6.45) is -0.509. The molecule has 0 amide bonds. The third-order valence-electron chi connectivity index (χ3n) is 9.61. The quantitative estimate of drug-likeness (QED) is 0.110. The molecule has 3 aromatic rings.